The molecule has 0 radical (unpaired) electrons. The monoisotopic (exact) mass is 401 g/mol. The zero-order chi connectivity index (χ0) is 20.3. The van der Waals surface area contributed by atoms with Crippen molar-refractivity contribution in [3.05, 3.63) is 47.7 Å². The number of carbonyl (C=O) groups is 1. The number of methoxy groups -OCH3 is 1. The maximum Gasteiger partial charge on any atom is 0.340 e. The normalized spacial score (nSPS) is 14.5. The lowest BCUT2D eigenvalue weighted by Crippen LogP contribution is -2.47. The van der Waals surface area contributed by atoms with Crippen LogP contribution in [0.2, 0.25) is 0 Å². The van der Waals surface area contributed by atoms with Crippen LogP contribution in [0, 0.1) is 11.3 Å². The van der Waals surface area contributed by atoms with E-state index < -0.39 is 16.0 Å². The van der Waals surface area contributed by atoms with E-state index in [1.807, 2.05) is 9.80 Å². The molecular formula is C18H19N5O4S. The fraction of sp³-hybridized carbons (Fsp3) is 0.278. The lowest BCUT2D eigenvalue weighted by Gasteiger charge is -2.37. The first kappa shape index (κ1) is 19.6. The van der Waals surface area contributed by atoms with E-state index in [1.54, 1.807) is 24.4 Å². The molecule has 1 aliphatic heterocycles. The lowest BCUT2D eigenvalue weighted by molar-refractivity contribution is 0.0601. The van der Waals surface area contributed by atoms with Gasteiger partial charge in [0.05, 0.1) is 34.9 Å². The number of ether oxygens (including phenoxy) is 1. The maximum atomic E-state index is 12.2. The van der Waals surface area contributed by atoms with Crippen molar-refractivity contribution in [1.82, 2.24) is 4.98 Å². The summed E-state index contributed by atoms with van der Waals surface area (Å²) in [5.41, 5.74) is 1.27. The Kier molecular flexibility index (Phi) is 5.48. The van der Waals surface area contributed by atoms with Gasteiger partial charge in [-0.05, 0) is 30.3 Å². The minimum Gasteiger partial charge on any atom is -0.465 e. The van der Waals surface area contributed by atoms with Gasteiger partial charge in [-0.3, -0.25) is 0 Å². The Hall–Kier alpha value is -3.16. The third kappa shape index (κ3) is 4.05. The number of sulfonamides is 1. The molecule has 0 unspecified atom stereocenters. The van der Waals surface area contributed by atoms with E-state index in [0.29, 0.717) is 37.4 Å². The van der Waals surface area contributed by atoms with Gasteiger partial charge < -0.3 is 14.5 Å². The summed E-state index contributed by atoms with van der Waals surface area (Å²) in [6, 6.07) is 9.66. The third-order valence-electron chi connectivity index (χ3n) is 4.52. The minimum atomic E-state index is -3.94. The van der Waals surface area contributed by atoms with Gasteiger partial charge in [0, 0.05) is 32.4 Å². The highest BCUT2D eigenvalue weighted by Crippen LogP contribution is 2.26. The molecule has 10 heteroatoms. The Labute approximate surface area is 163 Å². The quantitative estimate of drug-likeness (QED) is 0.742. The first-order valence-electron chi connectivity index (χ1n) is 8.44. The number of nitrogens with zero attached hydrogens (tertiary/aromatic N) is 4. The summed E-state index contributed by atoms with van der Waals surface area (Å²) in [7, 11) is -2.70. The number of nitriles is 1. The number of piperazine rings is 1. The average molecular weight is 401 g/mol. The molecule has 2 heterocycles. The minimum absolute atomic E-state index is 0.145. The van der Waals surface area contributed by atoms with Crippen LogP contribution < -0.4 is 14.9 Å². The predicted octanol–water partition coefficient (Wildman–Crippen LogP) is 0.714. The van der Waals surface area contributed by atoms with Gasteiger partial charge >= 0.3 is 5.97 Å². The Morgan fingerprint density at radius 2 is 1.86 bits per heavy atom. The second-order valence-electron chi connectivity index (χ2n) is 6.20. The summed E-state index contributed by atoms with van der Waals surface area (Å²) < 4.78 is 28.0. The molecule has 1 aromatic heterocycles. The fourth-order valence-electron chi connectivity index (χ4n) is 3.08. The summed E-state index contributed by atoms with van der Waals surface area (Å²) in [5.74, 6) is 0.0859. The number of hydrogen-bond acceptors (Lipinski definition) is 8. The molecule has 0 spiro atoms. The summed E-state index contributed by atoms with van der Waals surface area (Å²) in [6.45, 7) is 2.41. The van der Waals surface area contributed by atoms with E-state index in [9.17, 15) is 13.2 Å². The molecule has 9 nitrogen and oxygen atoms in total. The number of hydrogen-bond donors (Lipinski definition) is 1. The van der Waals surface area contributed by atoms with Crippen LogP contribution in [0.5, 0.6) is 0 Å². The number of aromatic nitrogens is 1. The van der Waals surface area contributed by atoms with Crippen LogP contribution >= 0.6 is 0 Å². The number of pyridine rings is 1. The van der Waals surface area contributed by atoms with Gasteiger partial charge in [0.1, 0.15) is 5.82 Å². The van der Waals surface area contributed by atoms with E-state index >= 15 is 0 Å². The van der Waals surface area contributed by atoms with Crippen LogP contribution in [-0.2, 0) is 14.8 Å². The molecule has 1 aliphatic rings. The maximum absolute atomic E-state index is 12.2. The number of rotatable bonds is 4. The standard InChI is InChI=1S/C18H19N5O4S/c1-27-18(24)15-11-14(28(20,25)26)2-3-16(15)22-6-8-23(9-7-22)17-10-13(12-19)4-5-21-17/h2-5,10-11H,6-9H2,1H3,(H2,20,25,26). The fourth-order valence-corrected chi connectivity index (χ4v) is 3.62. The Balaban J connectivity index is 1.83. The largest absolute Gasteiger partial charge is 0.465 e. The Morgan fingerprint density at radius 3 is 2.46 bits per heavy atom. The molecule has 2 N–H and O–H groups in total. The second kappa shape index (κ2) is 7.84. The van der Waals surface area contributed by atoms with Crippen LogP contribution in [0.3, 0.4) is 0 Å². The zero-order valence-electron chi connectivity index (χ0n) is 15.2. The Morgan fingerprint density at radius 1 is 1.18 bits per heavy atom. The highest BCUT2D eigenvalue weighted by molar-refractivity contribution is 7.89. The molecule has 0 aliphatic carbocycles. The Bertz CT molecular complexity index is 1040. The lowest BCUT2D eigenvalue weighted by atomic mass is 10.1. The zero-order valence-corrected chi connectivity index (χ0v) is 16.0. The van der Waals surface area contributed by atoms with Crippen molar-refractivity contribution >= 4 is 27.5 Å². The van der Waals surface area contributed by atoms with E-state index in [-0.39, 0.29) is 10.5 Å². The highest BCUT2D eigenvalue weighted by atomic mass is 32.2. The number of benzene rings is 1. The number of esters is 1. The number of nitrogens with two attached hydrogens (primary N) is 1. The van der Waals surface area contributed by atoms with Gasteiger partial charge in [-0.25, -0.2) is 23.3 Å². The van der Waals surface area contributed by atoms with Crippen molar-refractivity contribution in [1.29, 1.82) is 5.26 Å². The van der Waals surface area contributed by atoms with E-state index in [4.69, 9.17) is 15.1 Å². The van der Waals surface area contributed by atoms with E-state index in [0.717, 1.165) is 5.82 Å². The number of anilines is 2. The molecule has 0 atom stereocenters. The first-order valence-corrected chi connectivity index (χ1v) is 9.99. The van der Waals surface area contributed by atoms with Crippen molar-refractivity contribution in [3.63, 3.8) is 0 Å². The van der Waals surface area contributed by atoms with Gasteiger partial charge in [0.2, 0.25) is 10.0 Å². The molecule has 146 valence electrons. The van der Waals surface area contributed by atoms with Crippen LogP contribution in [0.15, 0.2) is 41.4 Å². The second-order valence-corrected chi connectivity index (χ2v) is 7.77. The molecule has 28 heavy (non-hydrogen) atoms. The first-order chi connectivity index (χ1) is 13.3. The van der Waals surface area contributed by atoms with E-state index in [1.165, 1.54) is 19.2 Å². The summed E-state index contributed by atoms with van der Waals surface area (Å²) in [5, 5.41) is 14.2. The summed E-state index contributed by atoms with van der Waals surface area (Å²) >= 11 is 0. The molecule has 2 aromatic rings. The molecule has 0 amide bonds. The van der Waals surface area contributed by atoms with Crippen LogP contribution in [0.1, 0.15) is 15.9 Å². The number of primary sulfonamides is 1. The van der Waals surface area contributed by atoms with Gasteiger partial charge in [0.15, 0.2) is 0 Å². The molecule has 3 rings (SSSR count). The number of carbonyl (C=O) groups excluding carboxylic acids is 1. The molecule has 0 bridgehead atoms. The van der Waals surface area contributed by atoms with Crippen molar-refractivity contribution in [2.24, 2.45) is 5.14 Å². The topological polar surface area (TPSA) is 130 Å². The van der Waals surface area contributed by atoms with Crippen LogP contribution in [-0.4, -0.2) is 52.7 Å². The van der Waals surface area contributed by atoms with Crippen molar-refractivity contribution < 1.29 is 17.9 Å². The molecule has 1 aromatic carbocycles. The molecule has 1 fully saturated rings. The third-order valence-corrected chi connectivity index (χ3v) is 5.43. The van der Waals surface area contributed by atoms with Gasteiger partial charge in [0.25, 0.3) is 0 Å². The van der Waals surface area contributed by atoms with Gasteiger partial charge in [-0.2, -0.15) is 5.26 Å². The summed E-state index contributed by atoms with van der Waals surface area (Å²) in [4.78, 5) is 20.4. The highest BCUT2D eigenvalue weighted by Gasteiger charge is 2.24. The van der Waals surface area contributed by atoms with Crippen LogP contribution in [0.25, 0.3) is 0 Å². The predicted molar refractivity (Wildman–Crippen MR) is 103 cm³/mol. The van der Waals surface area contributed by atoms with Crippen molar-refractivity contribution in [2.75, 3.05) is 43.1 Å². The summed E-state index contributed by atoms with van der Waals surface area (Å²) in [6.07, 6.45) is 1.60. The van der Waals surface area contributed by atoms with Gasteiger partial charge in [-0.15, -0.1) is 0 Å². The average Bonchev–Trinajstić information content (AvgIpc) is 2.72. The van der Waals surface area contributed by atoms with Gasteiger partial charge in [-0.1, -0.05) is 0 Å². The smallest absolute Gasteiger partial charge is 0.340 e. The molecule has 1 saturated heterocycles. The van der Waals surface area contributed by atoms with Crippen molar-refractivity contribution in [2.45, 2.75) is 4.90 Å². The van der Waals surface area contributed by atoms with E-state index in [2.05, 4.69) is 11.1 Å². The molecular weight excluding hydrogens is 382 g/mol. The van der Waals surface area contributed by atoms with Crippen molar-refractivity contribution in [3.8, 4) is 6.07 Å². The molecule has 0 saturated carbocycles. The SMILES string of the molecule is COC(=O)c1cc(S(N)(=O)=O)ccc1N1CCN(c2cc(C#N)ccn2)CC1. The van der Waals surface area contributed by atoms with Crippen LogP contribution in [0.4, 0.5) is 11.5 Å².